The van der Waals surface area contributed by atoms with E-state index in [1.54, 1.807) is 4.90 Å². The van der Waals surface area contributed by atoms with Gasteiger partial charge in [-0.15, -0.1) is 0 Å². The van der Waals surface area contributed by atoms with Gasteiger partial charge in [-0.1, -0.05) is 6.07 Å². The fourth-order valence-corrected chi connectivity index (χ4v) is 2.06. The third-order valence-corrected chi connectivity index (χ3v) is 3.06. The summed E-state index contributed by atoms with van der Waals surface area (Å²) in [6, 6.07) is 4.59. The molecule has 0 bridgehead atoms. The number of benzene rings is 1. The molecular weight excluding hydrogens is 257 g/mol. The summed E-state index contributed by atoms with van der Waals surface area (Å²) in [4.78, 5) is 13.8. The Hall–Kier alpha value is -1.56. The average molecular weight is 272 g/mol. The summed E-state index contributed by atoms with van der Waals surface area (Å²) in [5.41, 5.74) is -0.692. The molecule has 104 valence electrons. The van der Waals surface area contributed by atoms with Gasteiger partial charge in [0.25, 0.3) is 5.91 Å². The lowest BCUT2D eigenvalue weighted by Crippen LogP contribution is -2.34. The van der Waals surface area contributed by atoms with Crippen LogP contribution in [0.5, 0.6) is 0 Å². The zero-order valence-corrected chi connectivity index (χ0v) is 10.3. The second-order valence-electron chi connectivity index (χ2n) is 4.47. The maximum atomic E-state index is 12.6. The number of nitrogens with zero attached hydrogens (tertiary/aromatic N) is 1. The molecule has 2 rings (SSSR count). The molecule has 1 heterocycles. The Balaban J connectivity index is 2.18. The molecule has 0 atom stereocenters. The van der Waals surface area contributed by atoms with Gasteiger partial charge in [0.1, 0.15) is 0 Å². The quantitative estimate of drug-likeness (QED) is 0.849. The Morgan fingerprint density at radius 1 is 1.21 bits per heavy atom. The van der Waals surface area contributed by atoms with E-state index in [-0.39, 0.29) is 11.5 Å². The van der Waals surface area contributed by atoms with Crippen molar-refractivity contribution in [3.63, 3.8) is 0 Å². The van der Waals surface area contributed by atoms with Crippen LogP contribution in [-0.4, -0.2) is 37.0 Å². The van der Waals surface area contributed by atoms with Gasteiger partial charge in [-0.2, -0.15) is 13.2 Å². The lowest BCUT2D eigenvalue weighted by atomic mass is 10.1. The molecule has 1 aromatic carbocycles. The van der Waals surface area contributed by atoms with Gasteiger partial charge in [-0.05, 0) is 31.2 Å². The summed E-state index contributed by atoms with van der Waals surface area (Å²) in [7, 11) is 0. The molecule has 1 aromatic rings. The molecule has 0 aromatic heterocycles. The van der Waals surface area contributed by atoms with Gasteiger partial charge < -0.3 is 10.2 Å². The number of halogens is 3. The molecule has 6 heteroatoms. The van der Waals surface area contributed by atoms with Crippen LogP contribution in [-0.2, 0) is 6.18 Å². The van der Waals surface area contributed by atoms with Gasteiger partial charge in [0.2, 0.25) is 0 Å². The Bertz CT molecular complexity index is 451. The maximum Gasteiger partial charge on any atom is 0.416 e. The third kappa shape index (κ3) is 3.47. The van der Waals surface area contributed by atoms with Gasteiger partial charge in [0.15, 0.2) is 0 Å². The van der Waals surface area contributed by atoms with E-state index in [4.69, 9.17) is 0 Å². The molecule has 19 heavy (non-hydrogen) atoms. The first-order chi connectivity index (χ1) is 8.98. The van der Waals surface area contributed by atoms with Gasteiger partial charge in [-0.3, -0.25) is 4.79 Å². The van der Waals surface area contributed by atoms with Crippen LogP contribution in [0.25, 0.3) is 0 Å². The minimum atomic E-state index is -4.42. The summed E-state index contributed by atoms with van der Waals surface area (Å²) in [6.45, 7) is 2.59. The number of nitrogens with one attached hydrogen (secondary N) is 1. The molecule has 1 amide bonds. The van der Waals surface area contributed by atoms with Crippen molar-refractivity contribution in [3.8, 4) is 0 Å². The highest BCUT2D eigenvalue weighted by atomic mass is 19.4. The number of amides is 1. The number of carbonyl (C=O) groups is 1. The second-order valence-corrected chi connectivity index (χ2v) is 4.47. The molecule has 1 aliphatic rings. The molecule has 0 spiro atoms. The molecule has 3 nitrogen and oxygen atoms in total. The number of alkyl halides is 3. The Morgan fingerprint density at radius 2 is 2.00 bits per heavy atom. The molecular formula is C13H15F3N2O. The number of carbonyl (C=O) groups excluding carboxylic acids is 1. The van der Waals surface area contributed by atoms with E-state index in [0.29, 0.717) is 19.6 Å². The summed E-state index contributed by atoms with van der Waals surface area (Å²) >= 11 is 0. The summed E-state index contributed by atoms with van der Waals surface area (Å²) in [5.74, 6) is -0.338. The van der Waals surface area contributed by atoms with Crippen LogP contribution in [0.3, 0.4) is 0 Å². The van der Waals surface area contributed by atoms with Crippen molar-refractivity contribution in [3.05, 3.63) is 35.4 Å². The van der Waals surface area contributed by atoms with E-state index in [0.717, 1.165) is 25.1 Å². The first-order valence-electron chi connectivity index (χ1n) is 6.16. The van der Waals surface area contributed by atoms with E-state index in [1.807, 2.05) is 0 Å². The molecule has 0 radical (unpaired) electrons. The number of rotatable bonds is 1. The van der Waals surface area contributed by atoms with Crippen LogP contribution >= 0.6 is 0 Å². The van der Waals surface area contributed by atoms with E-state index < -0.39 is 11.7 Å². The zero-order chi connectivity index (χ0) is 13.9. The second kappa shape index (κ2) is 5.61. The van der Waals surface area contributed by atoms with Gasteiger partial charge in [-0.25, -0.2) is 0 Å². The smallest absolute Gasteiger partial charge is 0.337 e. The van der Waals surface area contributed by atoms with E-state index >= 15 is 0 Å². The molecule has 1 saturated heterocycles. The lowest BCUT2D eigenvalue weighted by molar-refractivity contribution is -0.137. The highest BCUT2D eigenvalue weighted by Gasteiger charge is 2.31. The van der Waals surface area contributed by atoms with Crippen LogP contribution in [0.4, 0.5) is 13.2 Å². The standard InChI is InChI=1S/C13H15F3N2O/c14-13(15,16)11-4-1-3-10(9-11)12(19)18-7-2-5-17-6-8-18/h1,3-4,9,17H,2,5-8H2. The number of hydrogen-bond donors (Lipinski definition) is 1. The molecule has 1 aliphatic heterocycles. The van der Waals surface area contributed by atoms with Crippen molar-refractivity contribution in [2.75, 3.05) is 26.2 Å². The van der Waals surface area contributed by atoms with Crippen LogP contribution in [0, 0.1) is 0 Å². The van der Waals surface area contributed by atoms with Crippen LogP contribution in [0.2, 0.25) is 0 Å². The fourth-order valence-electron chi connectivity index (χ4n) is 2.06. The van der Waals surface area contributed by atoms with E-state index in [1.165, 1.54) is 12.1 Å². The van der Waals surface area contributed by atoms with E-state index in [9.17, 15) is 18.0 Å². The van der Waals surface area contributed by atoms with Crippen LogP contribution < -0.4 is 5.32 Å². The largest absolute Gasteiger partial charge is 0.416 e. The predicted octanol–water partition coefficient (Wildman–Crippen LogP) is 2.14. The molecule has 1 fully saturated rings. The highest BCUT2D eigenvalue weighted by Crippen LogP contribution is 2.29. The fraction of sp³-hybridized carbons (Fsp3) is 0.462. The molecule has 0 saturated carbocycles. The van der Waals surface area contributed by atoms with Crippen molar-refractivity contribution in [2.45, 2.75) is 12.6 Å². The van der Waals surface area contributed by atoms with Crippen LogP contribution in [0.1, 0.15) is 22.3 Å². The summed E-state index contributed by atoms with van der Waals surface area (Å²) in [6.07, 6.45) is -3.61. The Morgan fingerprint density at radius 3 is 2.74 bits per heavy atom. The van der Waals surface area contributed by atoms with Crippen molar-refractivity contribution < 1.29 is 18.0 Å². The zero-order valence-electron chi connectivity index (χ0n) is 10.3. The SMILES string of the molecule is O=C(c1cccc(C(F)(F)F)c1)N1CCCNCC1. The van der Waals surface area contributed by atoms with Gasteiger partial charge in [0.05, 0.1) is 5.56 Å². The summed E-state index contributed by atoms with van der Waals surface area (Å²) in [5, 5.41) is 3.15. The highest BCUT2D eigenvalue weighted by molar-refractivity contribution is 5.94. The van der Waals surface area contributed by atoms with Crippen molar-refractivity contribution >= 4 is 5.91 Å². The minimum Gasteiger partial charge on any atom is -0.337 e. The average Bonchev–Trinajstić information content (AvgIpc) is 2.66. The van der Waals surface area contributed by atoms with E-state index in [2.05, 4.69) is 5.32 Å². The van der Waals surface area contributed by atoms with Crippen molar-refractivity contribution in [1.29, 1.82) is 0 Å². The first-order valence-corrected chi connectivity index (χ1v) is 6.16. The molecule has 1 N–H and O–H groups in total. The Kier molecular flexibility index (Phi) is 4.09. The Labute approximate surface area is 109 Å². The molecule has 0 unspecified atom stereocenters. The first kappa shape index (κ1) is 13.9. The monoisotopic (exact) mass is 272 g/mol. The maximum absolute atomic E-state index is 12.6. The van der Waals surface area contributed by atoms with Crippen molar-refractivity contribution in [1.82, 2.24) is 10.2 Å². The predicted molar refractivity (Wildman–Crippen MR) is 64.8 cm³/mol. The van der Waals surface area contributed by atoms with Crippen LogP contribution in [0.15, 0.2) is 24.3 Å². The van der Waals surface area contributed by atoms with Gasteiger partial charge in [0, 0.05) is 25.2 Å². The topological polar surface area (TPSA) is 32.3 Å². The lowest BCUT2D eigenvalue weighted by Gasteiger charge is -2.20. The molecule has 0 aliphatic carbocycles. The minimum absolute atomic E-state index is 0.0942. The van der Waals surface area contributed by atoms with Crippen molar-refractivity contribution in [2.24, 2.45) is 0 Å². The summed E-state index contributed by atoms with van der Waals surface area (Å²) < 4.78 is 37.8. The number of hydrogen-bond acceptors (Lipinski definition) is 2. The normalized spacial score (nSPS) is 17.1. The van der Waals surface area contributed by atoms with Gasteiger partial charge >= 0.3 is 6.18 Å². The third-order valence-electron chi connectivity index (χ3n) is 3.06.